The summed E-state index contributed by atoms with van der Waals surface area (Å²) in [5.74, 6) is -2.06. The third-order valence-corrected chi connectivity index (χ3v) is 4.33. The van der Waals surface area contributed by atoms with Crippen molar-refractivity contribution in [3.63, 3.8) is 0 Å². The van der Waals surface area contributed by atoms with Gasteiger partial charge in [-0.2, -0.15) is 0 Å². The summed E-state index contributed by atoms with van der Waals surface area (Å²) in [4.78, 5) is 2.00. The minimum atomic E-state index is -2.05. The van der Waals surface area contributed by atoms with E-state index in [2.05, 4.69) is 24.3 Å². The molecule has 1 atom stereocenters. The molecule has 4 heteroatoms. The molecule has 2 N–H and O–H groups in total. The Bertz CT molecular complexity index is 555. The van der Waals surface area contributed by atoms with Crippen molar-refractivity contribution in [1.82, 2.24) is 4.90 Å². The van der Waals surface area contributed by atoms with Gasteiger partial charge in [0.25, 0.3) is 0 Å². The van der Waals surface area contributed by atoms with Crippen LogP contribution in [0.3, 0.4) is 0 Å². The van der Waals surface area contributed by atoms with Gasteiger partial charge in [0, 0.05) is 25.6 Å². The van der Waals surface area contributed by atoms with Crippen LogP contribution in [0.5, 0.6) is 0 Å². The summed E-state index contributed by atoms with van der Waals surface area (Å²) in [5, 5.41) is 0. The van der Waals surface area contributed by atoms with E-state index in [1.54, 1.807) is 6.08 Å². The second kappa shape index (κ2) is 5.60. The van der Waals surface area contributed by atoms with Crippen LogP contribution in [-0.4, -0.2) is 23.8 Å². The number of nitrogens with zero attached hydrogens (tertiary/aromatic N) is 1. The molecule has 2 nitrogen and oxygen atoms in total. The van der Waals surface area contributed by atoms with Gasteiger partial charge in [-0.3, -0.25) is 5.73 Å². The summed E-state index contributed by atoms with van der Waals surface area (Å²) in [6.45, 7) is 1.58. The van der Waals surface area contributed by atoms with Crippen molar-refractivity contribution in [1.29, 1.82) is 0 Å². The predicted octanol–water partition coefficient (Wildman–Crippen LogP) is 3.63. The predicted molar refractivity (Wildman–Crippen MR) is 79.9 cm³/mol. The molecular formula is C17H20F2N2. The molecule has 0 aromatic heterocycles. The van der Waals surface area contributed by atoms with Crippen molar-refractivity contribution in [3.8, 4) is 0 Å². The first-order valence-corrected chi connectivity index (χ1v) is 7.42. The number of likely N-dealkylation sites (tertiary alicyclic amines) is 1. The number of hydrogen-bond acceptors (Lipinski definition) is 2. The highest BCUT2D eigenvalue weighted by Gasteiger charge is 2.30. The van der Waals surface area contributed by atoms with Gasteiger partial charge in [0.1, 0.15) is 5.83 Å². The maximum absolute atomic E-state index is 14.0. The van der Waals surface area contributed by atoms with Crippen molar-refractivity contribution in [2.45, 2.75) is 31.0 Å². The van der Waals surface area contributed by atoms with Gasteiger partial charge in [0.05, 0.1) is 5.70 Å². The van der Waals surface area contributed by atoms with Crippen LogP contribution in [0.15, 0.2) is 54.0 Å². The monoisotopic (exact) mass is 290 g/mol. The molecule has 0 spiro atoms. The highest BCUT2D eigenvalue weighted by molar-refractivity contribution is 5.32. The Balaban J connectivity index is 1.65. The number of nitrogens with two attached hydrogens (primary N) is 1. The number of benzene rings is 1. The van der Waals surface area contributed by atoms with Crippen LogP contribution in [0, 0.1) is 0 Å². The Morgan fingerprint density at radius 1 is 1.14 bits per heavy atom. The number of rotatable bonds is 2. The molecule has 1 aliphatic carbocycles. The van der Waals surface area contributed by atoms with Crippen LogP contribution >= 0.6 is 0 Å². The molecular weight excluding hydrogens is 270 g/mol. The fourth-order valence-corrected chi connectivity index (χ4v) is 3.15. The van der Waals surface area contributed by atoms with Gasteiger partial charge in [-0.05, 0) is 24.3 Å². The van der Waals surface area contributed by atoms with E-state index in [0.717, 1.165) is 32.0 Å². The zero-order valence-corrected chi connectivity index (χ0v) is 11.9. The molecule has 112 valence electrons. The Morgan fingerprint density at radius 2 is 1.81 bits per heavy atom. The number of alkyl halides is 1. The van der Waals surface area contributed by atoms with Gasteiger partial charge in [-0.25, -0.2) is 8.78 Å². The minimum Gasteiger partial charge on any atom is -0.369 e. The number of halogens is 2. The third-order valence-electron chi connectivity index (χ3n) is 4.33. The Labute approximate surface area is 123 Å². The van der Waals surface area contributed by atoms with E-state index in [1.165, 1.54) is 5.56 Å². The van der Waals surface area contributed by atoms with E-state index in [9.17, 15) is 8.78 Å². The third kappa shape index (κ3) is 3.16. The summed E-state index contributed by atoms with van der Waals surface area (Å²) < 4.78 is 27.5. The van der Waals surface area contributed by atoms with Crippen LogP contribution in [0.25, 0.3) is 0 Å². The van der Waals surface area contributed by atoms with E-state index in [1.807, 2.05) is 11.0 Å². The molecule has 3 rings (SSSR count). The van der Waals surface area contributed by atoms with E-state index in [-0.39, 0.29) is 6.42 Å². The quantitative estimate of drug-likeness (QED) is 0.843. The van der Waals surface area contributed by atoms with Crippen molar-refractivity contribution in [2.24, 2.45) is 5.73 Å². The topological polar surface area (TPSA) is 29.3 Å². The molecule has 0 amide bonds. The average Bonchev–Trinajstić information content (AvgIpc) is 2.48. The summed E-state index contributed by atoms with van der Waals surface area (Å²) >= 11 is 0. The summed E-state index contributed by atoms with van der Waals surface area (Å²) in [6, 6.07) is 10.4. The average molecular weight is 290 g/mol. The zero-order chi connectivity index (χ0) is 14.9. The van der Waals surface area contributed by atoms with Gasteiger partial charge in [0.15, 0.2) is 5.79 Å². The Kier molecular flexibility index (Phi) is 3.81. The smallest absolute Gasteiger partial charge is 0.184 e. The SMILES string of the molecule is NC1(F)C=C(F)C(N2CCC(c3ccccc3)CC2)=CC1. The second-order valence-electron chi connectivity index (χ2n) is 5.88. The second-order valence-corrected chi connectivity index (χ2v) is 5.88. The van der Waals surface area contributed by atoms with Crippen LogP contribution < -0.4 is 5.73 Å². The van der Waals surface area contributed by atoms with Crippen molar-refractivity contribution < 1.29 is 8.78 Å². The first-order valence-electron chi connectivity index (χ1n) is 7.42. The lowest BCUT2D eigenvalue weighted by molar-refractivity contribution is 0.217. The van der Waals surface area contributed by atoms with Crippen molar-refractivity contribution >= 4 is 0 Å². The number of hydrogen-bond donors (Lipinski definition) is 1. The van der Waals surface area contributed by atoms with Gasteiger partial charge in [-0.1, -0.05) is 36.4 Å². The molecule has 2 aliphatic rings. The molecule has 1 aromatic carbocycles. The first kappa shape index (κ1) is 14.3. The maximum atomic E-state index is 14.0. The van der Waals surface area contributed by atoms with Crippen LogP contribution in [0.1, 0.15) is 30.7 Å². The number of allylic oxidation sites excluding steroid dienone is 1. The standard InChI is InChI=1S/C17H20F2N2/c18-15-12-17(19,20)9-6-16(15)21-10-7-14(8-11-21)13-4-2-1-3-5-13/h1-6,12,14H,7-11,20H2. The van der Waals surface area contributed by atoms with Gasteiger partial charge >= 0.3 is 0 Å². The number of piperidine rings is 1. The summed E-state index contributed by atoms with van der Waals surface area (Å²) in [5.41, 5.74) is 7.16. The molecule has 1 fully saturated rings. The fraction of sp³-hybridized carbons (Fsp3) is 0.412. The van der Waals surface area contributed by atoms with Crippen LogP contribution in [-0.2, 0) is 0 Å². The Hall–Kier alpha value is -1.68. The molecule has 0 saturated carbocycles. The van der Waals surface area contributed by atoms with E-state index in [0.29, 0.717) is 11.6 Å². The van der Waals surface area contributed by atoms with Crippen molar-refractivity contribution in [2.75, 3.05) is 13.1 Å². The summed E-state index contributed by atoms with van der Waals surface area (Å²) in [6.07, 6.45) is 4.48. The lowest BCUT2D eigenvalue weighted by Gasteiger charge is -2.36. The normalized spacial score (nSPS) is 27.3. The highest BCUT2D eigenvalue weighted by Crippen LogP contribution is 2.34. The first-order chi connectivity index (χ1) is 10.1. The largest absolute Gasteiger partial charge is 0.369 e. The van der Waals surface area contributed by atoms with Crippen molar-refractivity contribution in [3.05, 3.63) is 59.6 Å². The molecule has 1 aromatic rings. The minimum absolute atomic E-state index is 0.0361. The summed E-state index contributed by atoms with van der Waals surface area (Å²) in [7, 11) is 0. The molecule has 1 aliphatic heterocycles. The Morgan fingerprint density at radius 3 is 2.43 bits per heavy atom. The van der Waals surface area contributed by atoms with Crippen LogP contribution in [0.4, 0.5) is 8.78 Å². The molecule has 21 heavy (non-hydrogen) atoms. The molecule has 1 unspecified atom stereocenters. The molecule has 0 radical (unpaired) electrons. The van der Waals surface area contributed by atoms with Crippen LogP contribution in [0.2, 0.25) is 0 Å². The van der Waals surface area contributed by atoms with Gasteiger partial charge in [-0.15, -0.1) is 0 Å². The molecule has 1 saturated heterocycles. The highest BCUT2D eigenvalue weighted by atomic mass is 19.2. The lowest BCUT2D eigenvalue weighted by atomic mass is 9.89. The van der Waals surface area contributed by atoms with Gasteiger partial charge in [0.2, 0.25) is 0 Å². The zero-order valence-electron chi connectivity index (χ0n) is 11.9. The van der Waals surface area contributed by atoms with E-state index in [4.69, 9.17) is 5.73 Å². The molecule has 1 heterocycles. The van der Waals surface area contributed by atoms with E-state index >= 15 is 0 Å². The van der Waals surface area contributed by atoms with E-state index < -0.39 is 11.6 Å². The fourth-order valence-electron chi connectivity index (χ4n) is 3.15. The molecule has 0 bridgehead atoms. The lowest BCUT2D eigenvalue weighted by Crippen LogP contribution is -2.38. The maximum Gasteiger partial charge on any atom is 0.184 e. The van der Waals surface area contributed by atoms with Gasteiger partial charge < -0.3 is 4.90 Å².